The minimum atomic E-state index is 0.545. The molecule has 0 aromatic heterocycles. The lowest BCUT2D eigenvalue weighted by Gasteiger charge is -2.20. The molecule has 0 amide bonds. The first-order valence-corrected chi connectivity index (χ1v) is 3.86. The second-order valence-corrected chi connectivity index (χ2v) is 2.53. The van der Waals surface area contributed by atoms with E-state index >= 15 is 0 Å². The second kappa shape index (κ2) is 3.89. The van der Waals surface area contributed by atoms with Crippen molar-refractivity contribution < 1.29 is 4.74 Å². The van der Waals surface area contributed by atoms with Crippen molar-refractivity contribution in [2.45, 2.75) is 38.7 Å². The summed E-state index contributed by atoms with van der Waals surface area (Å²) in [6.07, 6.45) is 7.94. The van der Waals surface area contributed by atoms with Crippen LogP contribution in [0.15, 0.2) is 0 Å². The van der Waals surface area contributed by atoms with Crippen molar-refractivity contribution in [2.75, 3.05) is 6.61 Å². The van der Waals surface area contributed by atoms with Gasteiger partial charge in [0.2, 0.25) is 0 Å². The molecule has 0 N–H and O–H groups in total. The van der Waals surface area contributed by atoms with E-state index in [-0.39, 0.29) is 0 Å². The van der Waals surface area contributed by atoms with Crippen molar-refractivity contribution in [3.8, 4) is 0 Å². The molecule has 0 aromatic carbocycles. The predicted molar refractivity (Wildman–Crippen MR) is 38.2 cm³/mol. The van der Waals surface area contributed by atoms with Gasteiger partial charge in [-0.2, -0.15) is 0 Å². The molecule has 1 aliphatic carbocycles. The van der Waals surface area contributed by atoms with Crippen molar-refractivity contribution in [2.24, 2.45) is 0 Å². The van der Waals surface area contributed by atoms with E-state index in [1.54, 1.807) is 0 Å². The molecule has 1 fully saturated rings. The zero-order chi connectivity index (χ0) is 6.53. The number of rotatable bonds is 2. The molecule has 1 unspecified atom stereocenters. The molecule has 1 atom stereocenters. The van der Waals surface area contributed by atoms with Crippen molar-refractivity contribution in [1.82, 2.24) is 0 Å². The summed E-state index contributed by atoms with van der Waals surface area (Å²) >= 11 is 0. The second-order valence-electron chi connectivity index (χ2n) is 2.53. The van der Waals surface area contributed by atoms with Gasteiger partial charge in [0, 0.05) is 6.61 Å². The third kappa shape index (κ3) is 2.35. The maximum atomic E-state index is 5.45. The Balaban J connectivity index is 2.08. The topological polar surface area (TPSA) is 9.23 Å². The molecule has 9 heavy (non-hydrogen) atoms. The molecule has 1 aliphatic rings. The summed E-state index contributed by atoms with van der Waals surface area (Å²) in [6, 6.07) is 0. The summed E-state index contributed by atoms with van der Waals surface area (Å²) in [7, 11) is 0. The van der Waals surface area contributed by atoms with Gasteiger partial charge in [-0.3, -0.25) is 0 Å². The van der Waals surface area contributed by atoms with Gasteiger partial charge in [-0.1, -0.05) is 6.42 Å². The Labute approximate surface area is 57.4 Å². The molecule has 0 bridgehead atoms. The van der Waals surface area contributed by atoms with Crippen LogP contribution in [0.5, 0.6) is 0 Å². The van der Waals surface area contributed by atoms with Gasteiger partial charge >= 0.3 is 0 Å². The molecule has 1 nitrogen and oxygen atoms in total. The quantitative estimate of drug-likeness (QED) is 0.552. The van der Waals surface area contributed by atoms with Gasteiger partial charge < -0.3 is 4.74 Å². The van der Waals surface area contributed by atoms with Crippen molar-refractivity contribution in [3.63, 3.8) is 0 Å². The van der Waals surface area contributed by atoms with E-state index in [1.165, 1.54) is 25.7 Å². The van der Waals surface area contributed by atoms with Gasteiger partial charge in [-0.15, -0.1) is 0 Å². The Bertz CT molecular complexity index is 62.2. The Morgan fingerprint density at radius 1 is 1.67 bits per heavy atom. The van der Waals surface area contributed by atoms with Gasteiger partial charge in [-0.05, 0) is 32.6 Å². The van der Waals surface area contributed by atoms with E-state index in [4.69, 9.17) is 4.74 Å². The lowest BCUT2D eigenvalue weighted by molar-refractivity contribution is 0.0474. The lowest BCUT2D eigenvalue weighted by atomic mass is 9.98. The van der Waals surface area contributed by atoms with E-state index in [9.17, 15) is 0 Å². The average Bonchev–Trinajstić information content (AvgIpc) is 1.91. The summed E-state index contributed by atoms with van der Waals surface area (Å²) in [5.74, 6) is 0. The van der Waals surface area contributed by atoms with Crippen LogP contribution < -0.4 is 0 Å². The van der Waals surface area contributed by atoms with E-state index < -0.39 is 0 Å². The van der Waals surface area contributed by atoms with E-state index in [0.717, 1.165) is 6.61 Å². The van der Waals surface area contributed by atoms with Crippen LogP contribution in [0.2, 0.25) is 0 Å². The highest BCUT2D eigenvalue weighted by Crippen LogP contribution is 2.18. The maximum absolute atomic E-state index is 5.45. The standard InChI is InChI=1S/C8H15O/c1-2-9-8-6-4-3-5-7-8/h4,8H,2-3,5-7H2,1H3. The fourth-order valence-electron chi connectivity index (χ4n) is 1.30. The third-order valence-electron chi connectivity index (χ3n) is 1.77. The van der Waals surface area contributed by atoms with Gasteiger partial charge in [0.25, 0.3) is 0 Å². The molecule has 0 aliphatic heterocycles. The van der Waals surface area contributed by atoms with Crippen LogP contribution in [0.1, 0.15) is 32.6 Å². The number of hydrogen-bond acceptors (Lipinski definition) is 1. The highest BCUT2D eigenvalue weighted by atomic mass is 16.5. The van der Waals surface area contributed by atoms with Gasteiger partial charge in [0.05, 0.1) is 6.10 Å². The molecule has 1 radical (unpaired) electrons. The van der Waals surface area contributed by atoms with E-state index in [0.29, 0.717) is 6.10 Å². The largest absolute Gasteiger partial charge is 0.378 e. The molecule has 0 spiro atoms. The lowest BCUT2D eigenvalue weighted by Crippen LogP contribution is -2.16. The summed E-state index contributed by atoms with van der Waals surface area (Å²) in [5.41, 5.74) is 0. The maximum Gasteiger partial charge on any atom is 0.0577 e. The van der Waals surface area contributed by atoms with Crippen molar-refractivity contribution >= 4 is 0 Å². The smallest absolute Gasteiger partial charge is 0.0577 e. The molecule has 0 saturated heterocycles. The average molecular weight is 127 g/mol. The van der Waals surface area contributed by atoms with Crippen LogP contribution in [0.25, 0.3) is 0 Å². The normalized spacial score (nSPS) is 22.3. The summed E-state index contributed by atoms with van der Waals surface area (Å²) in [6.45, 7) is 2.94. The van der Waals surface area contributed by atoms with Crippen LogP contribution in [0.4, 0.5) is 0 Å². The summed E-state index contributed by atoms with van der Waals surface area (Å²) in [4.78, 5) is 0. The molecule has 0 aromatic rings. The molecule has 1 heteroatoms. The minimum absolute atomic E-state index is 0.545. The van der Waals surface area contributed by atoms with Crippen LogP contribution in [-0.2, 0) is 4.74 Å². The van der Waals surface area contributed by atoms with Crippen molar-refractivity contribution in [3.05, 3.63) is 6.42 Å². The van der Waals surface area contributed by atoms with Crippen LogP contribution in [-0.4, -0.2) is 12.7 Å². The minimum Gasteiger partial charge on any atom is -0.378 e. The molecule has 1 rings (SSSR count). The zero-order valence-corrected chi connectivity index (χ0v) is 6.10. The van der Waals surface area contributed by atoms with Gasteiger partial charge in [-0.25, -0.2) is 0 Å². The monoisotopic (exact) mass is 127 g/mol. The van der Waals surface area contributed by atoms with E-state index in [1.807, 2.05) is 0 Å². The molecular weight excluding hydrogens is 112 g/mol. The van der Waals surface area contributed by atoms with Crippen molar-refractivity contribution in [1.29, 1.82) is 0 Å². The Morgan fingerprint density at radius 3 is 3.11 bits per heavy atom. The fraction of sp³-hybridized carbons (Fsp3) is 0.875. The number of hydrogen-bond donors (Lipinski definition) is 0. The zero-order valence-electron chi connectivity index (χ0n) is 6.10. The van der Waals surface area contributed by atoms with E-state index in [2.05, 4.69) is 13.3 Å². The third-order valence-corrected chi connectivity index (χ3v) is 1.77. The fourth-order valence-corrected chi connectivity index (χ4v) is 1.30. The summed E-state index contributed by atoms with van der Waals surface area (Å²) in [5, 5.41) is 0. The first kappa shape index (κ1) is 7.07. The Kier molecular flexibility index (Phi) is 3.05. The van der Waals surface area contributed by atoms with Crippen LogP contribution in [0.3, 0.4) is 0 Å². The highest BCUT2D eigenvalue weighted by molar-refractivity contribution is 4.77. The first-order valence-electron chi connectivity index (χ1n) is 3.86. The Morgan fingerprint density at radius 2 is 2.56 bits per heavy atom. The molecule has 0 heterocycles. The van der Waals surface area contributed by atoms with Gasteiger partial charge in [0.15, 0.2) is 0 Å². The molecule has 53 valence electrons. The van der Waals surface area contributed by atoms with Crippen LogP contribution >= 0.6 is 0 Å². The molecular formula is C8H15O. The molecule has 1 saturated carbocycles. The van der Waals surface area contributed by atoms with Gasteiger partial charge in [0.1, 0.15) is 0 Å². The van der Waals surface area contributed by atoms with Crippen LogP contribution in [0, 0.1) is 6.42 Å². The summed E-state index contributed by atoms with van der Waals surface area (Å²) < 4.78 is 5.45. The highest BCUT2D eigenvalue weighted by Gasteiger charge is 2.11. The Hall–Kier alpha value is -0.0400. The first-order chi connectivity index (χ1) is 4.43. The number of ether oxygens (including phenoxy) is 1. The SMILES string of the molecule is CCOC1C[CH]CCC1. The predicted octanol–water partition coefficient (Wildman–Crippen LogP) is 2.17.